The maximum atomic E-state index is 14.3. The van der Waals surface area contributed by atoms with Crippen molar-refractivity contribution in [2.75, 3.05) is 6.54 Å². The zero-order valence-corrected chi connectivity index (χ0v) is 24.0. The molecule has 16 heteroatoms. The monoisotopic (exact) mass is 632 g/mol. The molecule has 4 aromatic heterocycles. The Morgan fingerprint density at radius 2 is 2.00 bits per heavy atom. The van der Waals surface area contributed by atoms with Crippen molar-refractivity contribution < 1.29 is 31.0 Å². The normalized spacial score (nSPS) is 21.3. The van der Waals surface area contributed by atoms with E-state index in [0.29, 0.717) is 22.6 Å². The number of rotatable bonds is 7. The number of hydrogen-bond donors (Lipinski definition) is 0. The molecule has 0 aliphatic heterocycles. The van der Waals surface area contributed by atoms with Crippen LogP contribution >= 0.6 is 0 Å². The number of ketones is 1. The lowest BCUT2D eigenvalue weighted by molar-refractivity contribution is -0.140. The lowest BCUT2D eigenvalue weighted by Gasteiger charge is -2.47. The first-order valence-corrected chi connectivity index (χ1v) is 15.1. The summed E-state index contributed by atoms with van der Waals surface area (Å²) < 4.78 is 87.3. The van der Waals surface area contributed by atoms with E-state index in [1.54, 1.807) is 13.1 Å². The Kier molecular flexibility index (Phi) is 7.23. The molecule has 6 rings (SSSR count). The lowest BCUT2D eigenvalue weighted by atomic mass is 9.61. The first-order chi connectivity index (χ1) is 20.8. The van der Waals surface area contributed by atoms with Crippen molar-refractivity contribution in [2.24, 2.45) is 12.5 Å². The zero-order chi connectivity index (χ0) is 31.4. The summed E-state index contributed by atoms with van der Waals surface area (Å²) in [4.78, 5) is 22.0. The standard InChI is InChI=1S/C28H25F5N8O2S/c1-39-15-21(14-36-39)44(2,43)40(16-28(31,32)33)19-4-3-17-9-24-23(37-38-41(24)20-5-6-25(30)35-13-20)12-27(17,11-19)26(42)22-10-18(29)7-8-34-22/h5-10,13-15,19H,2-4,11-12,16H2,1H3/t19-,27+,44?/m0/s1. The SMILES string of the molecule is C=S(=O)(c1cnn(C)c1)N(CC(F)(F)F)[C@H]1CCC2=Cc3c(nnn3-c3ccc(F)nc3)C[C@]2(C(=O)c2cc(F)ccn2)C1. The molecule has 2 aliphatic carbocycles. The first kappa shape index (κ1) is 29.7. The van der Waals surface area contributed by atoms with Gasteiger partial charge in [-0.05, 0) is 49.4 Å². The molecule has 2 aliphatic rings. The predicted molar refractivity (Wildman–Crippen MR) is 149 cm³/mol. The largest absolute Gasteiger partial charge is 0.402 e. The Hall–Kier alpha value is -4.31. The van der Waals surface area contributed by atoms with Crippen molar-refractivity contribution in [2.45, 2.75) is 42.8 Å². The Morgan fingerprint density at radius 3 is 2.66 bits per heavy atom. The van der Waals surface area contributed by atoms with Gasteiger partial charge in [-0.3, -0.25) is 14.5 Å². The molecular formula is C28H25F5N8O2S. The second-order valence-corrected chi connectivity index (χ2v) is 13.1. The van der Waals surface area contributed by atoms with Gasteiger partial charge in [-0.25, -0.2) is 22.6 Å². The molecule has 4 heterocycles. The van der Waals surface area contributed by atoms with Crippen LogP contribution < -0.4 is 0 Å². The van der Waals surface area contributed by atoms with Gasteiger partial charge in [0.25, 0.3) is 0 Å². The van der Waals surface area contributed by atoms with Crippen LogP contribution in [0.25, 0.3) is 11.8 Å². The lowest BCUT2D eigenvalue weighted by Crippen LogP contribution is -2.52. The number of allylic oxidation sites excluding steroid dienone is 1. The van der Waals surface area contributed by atoms with Gasteiger partial charge in [0.1, 0.15) is 18.1 Å². The van der Waals surface area contributed by atoms with E-state index in [9.17, 15) is 31.0 Å². The van der Waals surface area contributed by atoms with Crippen LogP contribution in [-0.2, 0) is 23.2 Å². The fraction of sp³-hybridized carbons (Fsp3) is 0.321. The fourth-order valence-electron chi connectivity index (χ4n) is 6.01. The van der Waals surface area contributed by atoms with Crippen molar-refractivity contribution in [3.63, 3.8) is 0 Å². The summed E-state index contributed by atoms with van der Waals surface area (Å²) in [5.41, 5.74) is 0.0766. The highest BCUT2D eigenvalue weighted by atomic mass is 32.2. The van der Waals surface area contributed by atoms with Crippen LogP contribution in [0.4, 0.5) is 22.0 Å². The van der Waals surface area contributed by atoms with Crippen molar-refractivity contribution >= 4 is 27.4 Å². The third-order valence-electron chi connectivity index (χ3n) is 8.02. The number of nitrogens with zero attached hydrogens (tertiary/aromatic N) is 8. The number of aryl methyl sites for hydroxylation is 1. The minimum atomic E-state index is -4.74. The average molecular weight is 633 g/mol. The highest BCUT2D eigenvalue weighted by molar-refractivity contribution is 7.98. The molecule has 0 saturated heterocycles. The smallest absolute Gasteiger partial charge is 0.291 e. The predicted octanol–water partition coefficient (Wildman–Crippen LogP) is 3.99. The fourth-order valence-corrected chi connectivity index (χ4v) is 7.82. The summed E-state index contributed by atoms with van der Waals surface area (Å²) in [5.74, 6) is 1.70. The van der Waals surface area contributed by atoms with E-state index in [1.807, 2.05) is 0 Å². The number of carbonyl (C=O) groups excluding carboxylic acids is 1. The number of alkyl halides is 3. The van der Waals surface area contributed by atoms with Crippen LogP contribution in [0.1, 0.15) is 41.1 Å². The van der Waals surface area contributed by atoms with E-state index < -0.39 is 51.4 Å². The molecule has 0 amide bonds. The summed E-state index contributed by atoms with van der Waals surface area (Å²) >= 11 is 0. The topological polar surface area (TPSA) is 112 Å². The molecule has 1 saturated carbocycles. The van der Waals surface area contributed by atoms with Gasteiger partial charge in [0.2, 0.25) is 5.95 Å². The second kappa shape index (κ2) is 10.7. The number of fused-ring (bicyclic) bond motifs is 2. The van der Waals surface area contributed by atoms with E-state index in [1.165, 1.54) is 34.0 Å². The molecule has 1 unspecified atom stereocenters. The highest BCUT2D eigenvalue weighted by Crippen LogP contribution is 2.51. The summed E-state index contributed by atoms with van der Waals surface area (Å²) in [6.45, 7) is -1.55. The molecule has 0 bridgehead atoms. The highest BCUT2D eigenvalue weighted by Gasteiger charge is 2.53. The third-order valence-corrected chi connectivity index (χ3v) is 10.2. The van der Waals surface area contributed by atoms with Gasteiger partial charge in [0.05, 0.1) is 49.5 Å². The summed E-state index contributed by atoms with van der Waals surface area (Å²) in [6, 6.07) is 3.63. The van der Waals surface area contributed by atoms with E-state index in [0.717, 1.165) is 28.7 Å². The van der Waals surface area contributed by atoms with Gasteiger partial charge in [-0.15, -0.1) is 5.10 Å². The number of carbonyl (C=O) groups is 1. The van der Waals surface area contributed by atoms with Crippen molar-refractivity contribution in [3.05, 3.63) is 83.5 Å². The van der Waals surface area contributed by atoms with Crippen LogP contribution in [0.15, 0.2) is 59.5 Å². The summed E-state index contributed by atoms with van der Waals surface area (Å²) in [7, 11) is -2.18. The average Bonchev–Trinajstić information content (AvgIpc) is 3.60. The second-order valence-electron chi connectivity index (χ2n) is 10.9. The summed E-state index contributed by atoms with van der Waals surface area (Å²) in [5, 5.41) is 12.4. The quantitative estimate of drug-likeness (QED) is 0.131. The van der Waals surface area contributed by atoms with Crippen LogP contribution in [0.3, 0.4) is 0 Å². The minimum absolute atomic E-state index is 0.0135. The number of aromatic nitrogens is 7. The number of pyridine rings is 2. The molecule has 0 spiro atoms. The van der Waals surface area contributed by atoms with Gasteiger partial charge in [-0.1, -0.05) is 10.8 Å². The Balaban J connectivity index is 1.46. The number of halogens is 5. The Labute approximate surface area is 248 Å². The molecule has 0 N–H and O–H groups in total. The van der Waals surface area contributed by atoms with Gasteiger partial charge in [0, 0.05) is 38.0 Å². The molecular weight excluding hydrogens is 607 g/mol. The maximum absolute atomic E-state index is 14.3. The van der Waals surface area contributed by atoms with Crippen molar-refractivity contribution in [1.82, 2.24) is 39.0 Å². The van der Waals surface area contributed by atoms with Gasteiger partial charge < -0.3 is 0 Å². The van der Waals surface area contributed by atoms with Crippen LogP contribution in [0.2, 0.25) is 0 Å². The van der Waals surface area contributed by atoms with Crippen LogP contribution in [0.5, 0.6) is 0 Å². The van der Waals surface area contributed by atoms with E-state index >= 15 is 0 Å². The van der Waals surface area contributed by atoms with E-state index in [4.69, 9.17) is 0 Å². The van der Waals surface area contributed by atoms with Gasteiger partial charge in [0.15, 0.2) is 5.78 Å². The van der Waals surface area contributed by atoms with Crippen LogP contribution in [0, 0.1) is 17.2 Å². The maximum Gasteiger partial charge on any atom is 0.402 e. The van der Waals surface area contributed by atoms with E-state index in [-0.39, 0.29) is 36.3 Å². The number of hydrogen-bond acceptors (Lipinski definition) is 7. The molecule has 230 valence electrons. The third kappa shape index (κ3) is 5.32. The number of Topliss-reactive ketones (excluding diaryl/α,β-unsaturated/α-hetero) is 1. The van der Waals surface area contributed by atoms with Gasteiger partial charge >= 0.3 is 6.18 Å². The molecule has 10 nitrogen and oxygen atoms in total. The first-order valence-electron chi connectivity index (χ1n) is 13.4. The Bertz CT molecular complexity index is 1880. The molecule has 0 radical (unpaired) electrons. The Morgan fingerprint density at radius 1 is 1.20 bits per heavy atom. The van der Waals surface area contributed by atoms with Gasteiger partial charge in [-0.2, -0.15) is 22.7 Å². The van der Waals surface area contributed by atoms with Crippen molar-refractivity contribution in [3.8, 4) is 5.69 Å². The molecule has 0 aromatic carbocycles. The summed E-state index contributed by atoms with van der Waals surface area (Å²) in [6.07, 6.45) is 1.84. The molecule has 44 heavy (non-hydrogen) atoms. The van der Waals surface area contributed by atoms with Crippen LogP contribution in [-0.4, -0.2) is 73.7 Å². The molecule has 1 fully saturated rings. The molecule has 4 aromatic rings. The van der Waals surface area contributed by atoms with E-state index in [2.05, 4.69) is 31.2 Å². The van der Waals surface area contributed by atoms with Crippen molar-refractivity contribution in [1.29, 1.82) is 0 Å². The zero-order valence-electron chi connectivity index (χ0n) is 23.2. The molecule has 3 atom stereocenters. The minimum Gasteiger partial charge on any atom is -0.291 e.